The first-order valence-corrected chi connectivity index (χ1v) is 5.51. The Bertz CT molecular complexity index is 375. The number of imide groups is 1. The van der Waals surface area contributed by atoms with Gasteiger partial charge in [0.2, 0.25) is 5.91 Å². The highest BCUT2D eigenvalue weighted by molar-refractivity contribution is 6.01. The predicted octanol–water partition coefficient (Wildman–Crippen LogP) is -0.324. The van der Waals surface area contributed by atoms with Crippen molar-refractivity contribution in [2.75, 3.05) is 6.54 Å². The fourth-order valence-corrected chi connectivity index (χ4v) is 1.32. The Hall–Kier alpha value is -2.18. The minimum atomic E-state index is -0.675. The van der Waals surface area contributed by atoms with Gasteiger partial charge in [0.15, 0.2) is 0 Å². The summed E-state index contributed by atoms with van der Waals surface area (Å²) in [5.74, 6) is -2.01. The summed E-state index contributed by atoms with van der Waals surface area (Å²) in [6, 6.07) is 0. The van der Waals surface area contributed by atoms with Crippen molar-refractivity contribution in [3.63, 3.8) is 0 Å². The van der Waals surface area contributed by atoms with Gasteiger partial charge in [-0.25, -0.2) is 4.79 Å². The van der Waals surface area contributed by atoms with Crippen LogP contribution in [0, 0.1) is 0 Å². The van der Waals surface area contributed by atoms with Gasteiger partial charge in [0, 0.05) is 25.8 Å². The summed E-state index contributed by atoms with van der Waals surface area (Å²) < 4.78 is 0. The van der Waals surface area contributed by atoms with E-state index in [1.165, 1.54) is 0 Å². The van der Waals surface area contributed by atoms with E-state index in [-0.39, 0.29) is 25.2 Å². The predicted molar refractivity (Wildman–Crippen MR) is 59.6 cm³/mol. The molecule has 0 aliphatic carbocycles. The van der Waals surface area contributed by atoms with E-state index in [0.29, 0.717) is 18.0 Å². The second-order valence-electron chi connectivity index (χ2n) is 3.64. The average molecular weight is 254 g/mol. The van der Waals surface area contributed by atoms with Gasteiger partial charge in [-0.1, -0.05) is 6.58 Å². The number of carbonyl (C=O) groups excluding carboxylic acids is 4. The molecular formula is C11H14N2O5. The van der Waals surface area contributed by atoms with Crippen LogP contribution in [0.4, 0.5) is 0 Å². The van der Waals surface area contributed by atoms with Gasteiger partial charge in [-0.2, -0.15) is 0 Å². The summed E-state index contributed by atoms with van der Waals surface area (Å²) in [4.78, 5) is 49.0. The quantitative estimate of drug-likeness (QED) is 0.398. The van der Waals surface area contributed by atoms with Gasteiger partial charge in [0.25, 0.3) is 11.8 Å². The molecule has 1 N–H and O–H groups in total. The second kappa shape index (κ2) is 6.53. The highest BCUT2D eigenvalue weighted by Crippen LogP contribution is 2.12. The van der Waals surface area contributed by atoms with Crippen molar-refractivity contribution in [1.82, 2.24) is 10.4 Å². The number of carbonyl (C=O) groups is 4. The Kier molecular flexibility index (Phi) is 5.04. The largest absolute Gasteiger partial charge is 0.353 e. The van der Waals surface area contributed by atoms with Crippen LogP contribution in [-0.4, -0.2) is 35.3 Å². The lowest BCUT2D eigenvalue weighted by Crippen LogP contribution is -2.32. The Balaban J connectivity index is 2.21. The van der Waals surface area contributed by atoms with Gasteiger partial charge in [-0.15, -0.1) is 5.06 Å². The van der Waals surface area contributed by atoms with Crippen molar-refractivity contribution in [1.29, 1.82) is 0 Å². The zero-order valence-corrected chi connectivity index (χ0v) is 9.81. The van der Waals surface area contributed by atoms with Gasteiger partial charge in [0.05, 0.1) is 0 Å². The number of nitrogens with zero attached hydrogens (tertiary/aromatic N) is 1. The maximum absolute atomic E-state index is 11.3. The maximum atomic E-state index is 11.3. The van der Waals surface area contributed by atoms with Crippen LogP contribution < -0.4 is 5.32 Å². The van der Waals surface area contributed by atoms with Crippen LogP contribution in [0.2, 0.25) is 0 Å². The lowest BCUT2D eigenvalue weighted by atomic mass is 10.3. The van der Waals surface area contributed by atoms with Crippen LogP contribution in [0.3, 0.4) is 0 Å². The van der Waals surface area contributed by atoms with Crippen molar-refractivity contribution >= 4 is 23.7 Å². The van der Waals surface area contributed by atoms with Crippen molar-refractivity contribution < 1.29 is 24.0 Å². The van der Waals surface area contributed by atoms with Gasteiger partial charge in [0.1, 0.15) is 0 Å². The highest BCUT2D eigenvalue weighted by Gasteiger charge is 2.32. The number of hydrogen-bond acceptors (Lipinski definition) is 5. The molecule has 1 rings (SSSR count). The first-order valence-electron chi connectivity index (χ1n) is 5.51. The van der Waals surface area contributed by atoms with Crippen LogP contribution in [0.1, 0.15) is 25.7 Å². The molecule has 18 heavy (non-hydrogen) atoms. The third kappa shape index (κ3) is 4.00. The van der Waals surface area contributed by atoms with Crippen molar-refractivity contribution in [3.8, 4) is 0 Å². The number of hydroxylamine groups is 2. The highest BCUT2D eigenvalue weighted by atomic mass is 16.7. The number of rotatable bonds is 6. The molecule has 0 aromatic rings. The van der Waals surface area contributed by atoms with Crippen LogP contribution in [0.5, 0.6) is 0 Å². The molecule has 0 saturated carbocycles. The molecule has 1 aliphatic rings. The Labute approximate surface area is 104 Å². The molecule has 7 nitrogen and oxygen atoms in total. The number of nitrogens with one attached hydrogen (secondary N) is 1. The van der Waals surface area contributed by atoms with Crippen LogP contribution >= 0.6 is 0 Å². The molecule has 0 radical (unpaired) electrons. The summed E-state index contributed by atoms with van der Waals surface area (Å²) in [6.45, 7) is 3.57. The molecule has 3 amide bonds. The van der Waals surface area contributed by atoms with E-state index in [2.05, 4.69) is 16.7 Å². The van der Waals surface area contributed by atoms with Gasteiger partial charge >= 0.3 is 5.97 Å². The molecule has 1 saturated heterocycles. The molecule has 1 fully saturated rings. The van der Waals surface area contributed by atoms with Crippen molar-refractivity contribution in [2.45, 2.75) is 25.7 Å². The third-order valence-corrected chi connectivity index (χ3v) is 2.24. The van der Waals surface area contributed by atoms with E-state index >= 15 is 0 Å². The van der Waals surface area contributed by atoms with Gasteiger partial charge in [-0.05, 0) is 12.5 Å². The summed E-state index contributed by atoms with van der Waals surface area (Å²) in [5.41, 5.74) is 0. The summed E-state index contributed by atoms with van der Waals surface area (Å²) >= 11 is 0. The minimum Gasteiger partial charge on any atom is -0.353 e. The third-order valence-electron chi connectivity index (χ3n) is 2.24. The fourth-order valence-electron chi connectivity index (χ4n) is 1.32. The Morgan fingerprint density at radius 2 is 1.94 bits per heavy atom. The van der Waals surface area contributed by atoms with E-state index in [9.17, 15) is 19.2 Å². The van der Waals surface area contributed by atoms with E-state index < -0.39 is 17.8 Å². The molecule has 0 spiro atoms. The minimum absolute atomic E-state index is 0.00842. The molecule has 7 heteroatoms. The molecular weight excluding hydrogens is 240 g/mol. The molecule has 0 unspecified atom stereocenters. The second-order valence-corrected chi connectivity index (χ2v) is 3.64. The maximum Gasteiger partial charge on any atom is 0.333 e. The Morgan fingerprint density at radius 3 is 2.50 bits per heavy atom. The summed E-state index contributed by atoms with van der Waals surface area (Å²) in [5, 5.41) is 2.99. The fraction of sp³-hybridized carbons (Fsp3) is 0.455. The monoisotopic (exact) mass is 254 g/mol. The zero-order chi connectivity index (χ0) is 13.5. The zero-order valence-electron chi connectivity index (χ0n) is 9.81. The van der Waals surface area contributed by atoms with Crippen LogP contribution in [0.25, 0.3) is 0 Å². The van der Waals surface area contributed by atoms with Gasteiger partial charge < -0.3 is 10.2 Å². The SMILES string of the molecule is C=CC(=O)NCCCC(=O)ON1C(=O)CCC1=O. The average Bonchev–Trinajstić information content (AvgIpc) is 2.66. The first-order chi connectivity index (χ1) is 8.54. The lowest BCUT2D eigenvalue weighted by Gasteiger charge is -2.12. The standard InChI is InChI=1S/C11H14N2O5/c1-2-8(14)12-7-3-4-11(17)18-13-9(15)5-6-10(13)16/h2H,1,3-7H2,(H,12,14). The normalized spacial score (nSPS) is 14.6. The molecule has 0 aromatic carbocycles. The van der Waals surface area contributed by atoms with Gasteiger partial charge in [-0.3, -0.25) is 14.4 Å². The Morgan fingerprint density at radius 1 is 1.33 bits per heavy atom. The lowest BCUT2D eigenvalue weighted by molar-refractivity contribution is -0.197. The van der Waals surface area contributed by atoms with E-state index in [1.54, 1.807) is 0 Å². The van der Waals surface area contributed by atoms with Crippen molar-refractivity contribution in [2.24, 2.45) is 0 Å². The smallest absolute Gasteiger partial charge is 0.333 e. The molecule has 0 aromatic heterocycles. The topological polar surface area (TPSA) is 92.8 Å². The molecule has 98 valence electrons. The number of amides is 3. The summed E-state index contributed by atoms with van der Waals surface area (Å²) in [6.07, 6.45) is 1.63. The van der Waals surface area contributed by atoms with E-state index in [0.717, 1.165) is 6.08 Å². The van der Waals surface area contributed by atoms with Crippen LogP contribution in [-0.2, 0) is 24.0 Å². The molecule has 1 aliphatic heterocycles. The molecule has 0 atom stereocenters. The first kappa shape index (κ1) is 13.9. The molecule has 0 bridgehead atoms. The van der Waals surface area contributed by atoms with Crippen molar-refractivity contribution in [3.05, 3.63) is 12.7 Å². The number of hydrogen-bond donors (Lipinski definition) is 1. The van der Waals surface area contributed by atoms with E-state index in [1.807, 2.05) is 0 Å². The summed E-state index contributed by atoms with van der Waals surface area (Å²) in [7, 11) is 0. The van der Waals surface area contributed by atoms with E-state index in [4.69, 9.17) is 0 Å². The molecule has 1 heterocycles. The van der Waals surface area contributed by atoms with Crippen LogP contribution in [0.15, 0.2) is 12.7 Å².